The van der Waals surface area contributed by atoms with Gasteiger partial charge < -0.3 is 15.4 Å². The van der Waals surface area contributed by atoms with E-state index in [1.165, 1.54) is 0 Å². The number of carbonyl (C=O) groups is 4. The van der Waals surface area contributed by atoms with E-state index in [4.69, 9.17) is 16.3 Å². The Morgan fingerprint density at radius 2 is 1.69 bits per heavy atom. The number of carbonyl (C=O) groups excluding carboxylic acids is 4. The molecule has 0 spiro atoms. The van der Waals surface area contributed by atoms with E-state index in [1.807, 2.05) is 13.0 Å². The molecule has 170 valence electrons. The average molecular weight is 460 g/mol. The molecule has 0 aliphatic carbocycles. The second kappa shape index (κ2) is 13.1. The summed E-state index contributed by atoms with van der Waals surface area (Å²) in [7, 11) is 0. The van der Waals surface area contributed by atoms with Gasteiger partial charge in [-0.1, -0.05) is 67.4 Å². The van der Waals surface area contributed by atoms with Crippen LogP contribution in [0.2, 0.25) is 5.02 Å². The van der Waals surface area contributed by atoms with Crippen LogP contribution in [0.25, 0.3) is 0 Å². The Bertz CT molecular complexity index is 936. The molecule has 0 fully saturated rings. The Morgan fingerprint density at radius 1 is 1.00 bits per heavy atom. The number of rotatable bonds is 10. The molecule has 3 N–H and O–H groups in total. The van der Waals surface area contributed by atoms with E-state index in [1.54, 1.807) is 48.5 Å². The first-order valence-corrected chi connectivity index (χ1v) is 10.6. The Balaban J connectivity index is 1.94. The van der Waals surface area contributed by atoms with Crippen molar-refractivity contribution in [2.24, 2.45) is 0 Å². The molecule has 32 heavy (non-hydrogen) atoms. The van der Waals surface area contributed by atoms with Gasteiger partial charge in [-0.15, -0.1) is 0 Å². The van der Waals surface area contributed by atoms with Crippen molar-refractivity contribution in [3.63, 3.8) is 0 Å². The fourth-order valence-electron chi connectivity index (χ4n) is 2.78. The summed E-state index contributed by atoms with van der Waals surface area (Å²) in [6.45, 7) is 1.81. The monoisotopic (exact) mass is 459 g/mol. The number of ether oxygens (including phenoxy) is 1. The minimum absolute atomic E-state index is 0.212. The summed E-state index contributed by atoms with van der Waals surface area (Å²) in [6, 6.07) is 14.1. The number of esters is 1. The molecule has 0 aliphatic rings. The molecule has 1 unspecified atom stereocenters. The van der Waals surface area contributed by atoms with E-state index in [0.717, 1.165) is 12.8 Å². The van der Waals surface area contributed by atoms with Crippen LogP contribution >= 0.6 is 11.6 Å². The van der Waals surface area contributed by atoms with E-state index in [-0.39, 0.29) is 17.0 Å². The lowest BCUT2D eigenvalue weighted by Gasteiger charge is -2.19. The summed E-state index contributed by atoms with van der Waals surface area (Å²) in [5.74, 6) is -1.90. The largest absolute Gasteiger partial charge is 0.455 e. The standard InChI is InChI=1S/C23H26ClN3O5/c1-2-3-13-25-23(31)27-20(28)15-32-21(29)14-19(16-9-5-4-6-10-16)26-22(30)17-11-7-8-12-18(17)24/h4-12,19H,2-3,13-15H2,1H3,(H,26,30)(H2,25,27,28,31). The van der Waals surface area contributed by atoms with Crippen molar-refractivity contribution < 1.29 is 23.9 Å². The van der Waals surface area contributed by atoms with Gasteiger partial charge >= 0.3 is 12.0 Å². The van der Waals surface area contributed by atoms with Crippen LogP contribution in [0, 0.1) is 0 Å². The van der Waals surface area contributed by atoms with Crippen LogP contribution in [0.1, 0.15) is 48.1 Å². The van der Waals surface area contributed by atoms with Crippen LogP contribution in [0.4, 0.5) is 4.79 Å². The van der Waals surface area contributed by atoms with Gasteiger partial charge in [-0.25, -0.2) is 4.79 Å². The highest BCUT2D eigenvalue weighted by atomic mass is 35.5. The fourth-order valence-corrected chi connectivity index (χ4v) is 3.00. The van der Waals surface area contributed by atoms with E-state index in [2.05, 4.69) is 16.0 Å². The Labute approximate surface area is 191 Å². The summed E-state index contributed by atoms with van der Waals surface area (Å²) >= 11 is 6.09. The van der Waals surface area contributed by atoms with Gasteiger partial charge in [-0.3, -0.25) is 19.7 Å². The Hall–Kier alpha value is -3.39. The van der Waals surface area contributed by atoms with Crippen LogP contribution in [-0.2, 0) is 14.3 Å². The summed E-state index contributed by atoms with van der Waals surface area (Å²) < 4.78 is 4.99. The smallest absolute Gasteiger partial charge is 0.321 e. The summed E-state index contributed by atoms with van der Waals surface area (Å²) in [4.78, 5) is 48.4. The normalized spacial score (nSPS) is 11.2. The van der Waals surface area contributed by atoms with Crippen LogP contribution < -0.4 is 16.0 Å². The molecule has 0 aromatic heterocycles. The van der Waals surface area contributed by atoms with Crippen molar-refractivity contribution in [3.8, 4) is 0 Å². The van der Waals surface area contributed by atoms with Crippen molar-refractivity contribution in [1.29, 1.82) is 0 Å². The molecule has 2 aromatic rings. The second-order valence-corrected chi connectivity index (χ2v) is 7.35. The molecule has 0 heterocycles. The lowest BCUT2D eigenvalue weighted by molar-refractivity contribution is -0.148. The molecule has 0 bridgehead atoms. The van der Waals surface area contributed by atoms with Gasteiger partial charge in [0.1, 0.15) is 0 Å². The van der Waals surface area contributed by atoms with Gasteiger partial charge in [0.15, 0.2) is 6.61 Å². The number of halogens is 1. The maximum atomic E-state index is 12.7. The number of urea groups is 1. The van der Waals surface area contributed by atoms with Gasteiger partial charge in [0.05, 0.1) is 23.0 Å². The summed E-state index contributed by atoms with van der Waals surface area (Å²) in [5.41, 5.74) is 0.960. The SMILES string of the molecule is CCCCNC(=O)NC(=O)COC(=O)CC(NC(=O)c1ccccc1Cl)c1ccccc1. The number of amides is 4. The van der Waals surface area contributed by atoms with Crippen molar-refractivity contribution in [1.82, 2.24) is 16.0 Å². The van der Waals surface area contributed by atoms with Crippen LogP contribution in [-0.4, -0.2) is 37.0 Å². The van der Waals surface area contributed by atoms with Crippen molar-refractivity contribution in [2.45, 2.75) is 32.2 Å². The highest BCUT2D eigenvalue weighted by Gasteiger charge is 2.22. The molecular weight excluding hydrogens is 434 g/mol. The number of hydrogen-bond acceptors (Lipinski definition) is 5. The fraction of sp³-hybridized carbons (Fsp3) is 0.304. The van der Waals surface area contributed by atoms with Crippen LogP contribution in [0.3, 0.4) is 0 Å². The second-order valence-electron chi connectivity index (χ2n) is 6.94. The number of hydrogen-bond donors (Lipinski definition) is 3. The number of imide groups is 1. The zero-order chi connectivity index (χ0) is 23.3. The van der Waals surface area contributed by atoms with E-state index in [9.17, 15) is 19.2 Å². The molecule has 0 radical (unpaired) electrons. The van der Waals surface area contributed by atoms with Gasteiger partial charge in [0.25, 0.3) is 11.8 Å². The molecule has 4 amide bonds. The summed E-state index contributed by atoms with van der Waals surface area (Å²) in [6.07, 6.45) is 1.48. The minimum atomic E-state index is -0.747. The number of nitrogens with one attached hydrogen (secondary N) is 3. The minimum Gasteiger partial charge on any atom is -0.455 e. The highest BCUT2D eigenvalue weighted by Crippen LogP contribution is 2.20. The third kappa shape index (κ3) is 8.39. The lowest BCUT2D eigenvalue weighted by atomic mass is 10.0. The Morgan fingerprint density at radius 3 is 2.38 bits per heavy atom. The molecule has 2 aromatic carbocycles. The molecule has 0 saturated carbocycles. The highest BCUT2D eigenvalue weighted by molar-refractivity contribution is 6.33. The average Bonchev–Trinajstić information content (AvgIpc) is 2.78. The number of benzene rings is 2. The first kappa shape index (κ1) is 24.9. The zero-order valence-electron chi connectivity index (χ0n) is 17.7. The maximum absolute atomic E-state index is 12.7. The van der Waals surface area contributed by atoms with E-state index < -0.39 is 36.5 Å². The van der Waals surface area contributed by atoms with E-state index in [0.29, 0.717) is 12.1 Å². The first-order chi connectivity index (χ1) is 15.4. The van der Waals surface area contributed by atoms with E-state index >= 15 is 0 Å². The molecule has 8 nitrogen and oxygen atoms in total. The molecule has 0 aliphatic heterocycles. The predicted molar refractivity (Wildman–Crippen MR) is 120 cm³/mol. The van der Waals surface area contributed by atoms with Crippen molar-refractivity contribution in [3.05, 3.63) is 70.7 Å². The van der Waals surface area contributed by atoms with Gasteiger partial charge in [0.2, 0.25) is 0 Å². The van der Waals surface area contributed by atoms with Crippen molar-refractivity contribution in [2.75, 3.05) is 13.2 Å². The van der Waals surface area contributed by atoms with Crippen LogP contribution in [0.5, 0.6) is 0 Å². The topological polar surface area (TPSA) is 114 Å². The molecule has 1 atom stereocenters. The van der Waals surface area contributed by atoms with Gasteiger partial charge in [-0.05, 0) is 24.1 Å². The molecular formula is C23H26ClN3O5. The number of unbranched alkanes of at least 4 members (excludes halogenated alkanes) is 1. The molecule has 2 rings (SSSR count). The zero-order valence-corrected chi connectivity index (χ0v) is 18.5. The maximum Gasteiger partial charge on any atom is 0.321 e. The van der Waals surface area contributed by atoms with Gasteiger partial charge in [-0.2, -0.15) is 0 Å². The lowest BCUT2D eigenvalue weighted by Crippen LogP contribution is -2.41. The third-order valence-electron chi connectivity index (χ3n) is 4.43. The van der Waals surface area contributed by atoms with Crippen molar-refractivity contribution >= 4 is 35.4 Å². The quantitative estimate of drug-likeness (QED) is 0.372. The van der Waals surface area contributed by atoms with Crippen LogP contribution in [0.15, 0.2) is 54.6 Å². The first-order valence-electron chi connectivity index (χ1n) is 10.2. The predicted octanol–water partition coefficient (Wildman–Crippen LogP) is 3.37. The molecule has 9 heteroatoms. The van der Waals surface area contributed by atoms with Gasteiger partial charge in [0, 0.05) is 6.54 Å². The summed E-state index contributed by atoms with van der Waals surface area (Å²) in [5, 5.41) is 7.68. The molecule has 0 saturated heterocycles. The third-order valence-corrected chi connectivity index (χ3v) is 4.76. The Kier molecular flexibility index (Phi) is 10.2.